The van der Waals surface area contributed by atoms with Gasteiger partial charge in [0.1, 0.15) is 5.82 Å². The highest BCUT2D eigenvalue weighted by molar-refractivity contribution is 5.64. The lowest BCUT2D eigenvalue weighted by Gasteiger charge is -2.38. The second-order valence-corrected chi connectivity index (χ2v) is 9.12. The van der Waals surface area contributed by atoms with Crippen molar-refractivity contribution < 1.29 is 9.50 Å². The summed E-state index contributed by atoms with van der Waals surface area (Å²) >= 11 is 0. The molecule has 2 N–H and O–H groups in total. The Balaban J connectivity index is 1.74. The molecule has 1 aliphatic heterocycles. The largest absolute Gasteiger partial charge is 0.389 e. The number of nitrogens with zero attached hydrogens (tertiary/aromatic N) is 1. The summed E-state index contributed by atoms with van der Waals surface area (Å²) in [5.41, 5.74) is 3.34. The number of rotatable bonds is 6. The van der Waals surface area contributed by atoms with Gasteiger partial charge in [-0.25, -0.2) is 4.39 Å². The van der Waals surface area contributed by atoms with Gasteiger partial charge in [-0.15, -0.1) is 0 Å². The van der Waals surface area contributed by atoms with Gasteiger partial charge >= 0.3 is 0 Å². The number of aliphatic hydroxyl groups excluding tert-OH is 1. The van der Waals surface area contributed by atoms with E-state index < -0.39 is 6.10 Å². The van der Waals surface area contributed by atoms with Crippen LogP contribution < -0.4 is 10.2 Å². The third kappa shape index (κ3) is 4.06. The zero-order valence-electron chi connectivity index (χ0n) is 17.6. The monoisotopic (exact) mass is 396 g/mol. The van der Waals surface area contributed by atoms with Crippen LogP contribution in [0.3, 0.4) is 0 Å². The van der Waals surface area contributed by atoms with E-state index >= 15 is 0 Å². The maximum atomic E-state index is 14.2. The van der Waals surface area contributed by atoms with Crippen LogP contribution in [0, 0.1) is 5.82 Å². The molecule has 29 heavy (non-hydrogen) atoms. The predicted octanol–water partition coefficient (Wildman–Crippen LogP) is 4.95. The van der Waals surface area contributed by atoms with Crippen molar-refractivity contribution in [1.82, 2.24) is 5.32 Å². The van der Waals surface area contributed by atoms with E-state index in [1.165, 1.54) is 19.3 Å². The van der Waals surface area contributed by atoms with E-state index in [9.17, 15) is 9.50 Å². The summed E-state index contributed by atoms with van der Waals surface area (Å²) in [5.74, 6) is -0.158. The Morgan fingerprint density at radius 1 is 1.07 bits per heavy atom. The van der Waals surface area contributed by atoms with Gasteiger partial charge in [0.15, 0.2) is 0 Å². The first kappa shape index (κ1) is 20.4. The molecule has 4 rings (SSSR count). The van der Waals surface area contributed by atoms with Crippen LogP contribution in [0.4, 0.5) is 10.1 Å². The summed E-state index contributed by atoms with van der Waals surface area (Å²) in [6, 6.07) is 15.7. The number of halogens is 1. The molecule has 0 amide bonds. The summed E-state index contributed by atoms with van der Waals surface area (Å²) in [6.45, 7) is 5.56. The third-order valence-electron chi connectivity index (χ3n) is 6.70. The average Bonchev–Trinajstić information content (AvgIpc) is 3.01. The first-order valence-electron chi connectivity index (χ1n) is 11.0. The Morgan fingerprint density at radius 3 is 2.48 bits per heavy atom. The number of hydrogen-bond acceptors (Lipinski definition) is 3. The minimum absolute atomic E-state index is 0.00785. The van der Waals surface area contributed by atoms with Crippen LogP contribution in [0.2, 0.25) is 0 Å². The van der Waals surface area contributed by atoms with E-state index in [1.807, 2.05) is 24.3 Å². The highest BCUT2D eigenvalue weighted by Gasteiger charge is 2.46. The molecular weight excluding hydrogens is 363 g/mol. The van der Waals surface area contributed by atoms with Gasteiger partial charge in [-0.3, -0.25) is 0 Å². The van der Waals surface area contributed by atoms with Crippen LogP contribution in [-0.2, 0) is 5.41 Å². The van der Waals surface area contributed by atoms with Crippen molar-refractivity contribution in [2.75, 3.05) is 18.0 Å². The molecule has 0 radical (unpaired) electrons. The molecule has 2 aromatic carbocycles. The van der Waals surface area contributed by atoms with Gasteiger partial charge in [0, 0.05) is 30.2 Å². The van der Waals surface area contributed by atoms with Crippen molar-refractivity contribution >= 4 is 5.69 Å². The molecule has 156 valence electrons. The van der Waals surface area contributed by atoms with Crippen LogP contribution in [-0.4, -0.2) is 30.3 Å². The SMILES string of the molecule is CC(C)NC[C@@H](O)[C@H](c1ccccc1)N1CC2(CCCCC2)c2cc(F)ccc21. The molecule has 2 atom stereocenters. The van der Waals surface area contributed by atoms with E-state index in [-0.39, 0.29) is 17.3 Å². The van der Waals surface area contributed by atoms with Crippen LogP contribution >= 0.6 is 0 Å². The molecular formula is C25H33FN2O. The summed E-state index contributed by atoms with van der Waals surface area (Å²) in [7, 11) is 0. The Morgan fingerprint density at radius 2 is 1.79 bits per heavy atom. The van der Waals surface area contributed by atoms with Crippen LogP contribution in [0.15, 0.2) is 48.5 Å². The van der Waals surface area contributed by atoms with Crippen LogP contribution in [0.5, 0.6) is 0 Å². The molecule has 4 heteroatoms. The predicted molar refractivity (Wildman–Crippen MR) is 117 cm³/mol. The second-order valence-electron chi connectivity index (χ2n) is 9.12. The molecule has 0 bridgehead atoms. The number of anilines is 1. The number of benzene rings is 2. The van der Waals surface area contributed by atoms with Crippen LogP contribution in [0.1, 0.15) is 63.1 Å². The maximum Gasteiger partial charge on any atom is 0.123 e. The van der Waals surface area contributed by atoms with Crippen molar-refractivity contribution in [1.29, 1.82) is 0 Å². The number of aliphatic hydroxyl groups is 1. The van der Waals surface area contributed by atoms with Gasteiger partial charge in [-0.2, -0.15) is 0 Å². The Hall–Kier alpha value is -1.91. The van der Waals surface area contributed by atoms with Gasteiger partial charge in [0.25, 0.3) is 0 Å². The minimum Gasteiger partial charge on any atom is -0.389 e. The Bertz CT molecular complexity index is 817. The molecule has 1 heterocycles. The van der Waals surface area contributed by atoms with Gasteiger partial charge in [-0.1, -0.05) is 63.4 Å². The van der Waals surface area contributed by atoms with Crippen molar-refractivity contribution in [2.24, 2.45) is 0 Å². The van der Waals surface area contributed by atoms with E-state index in [0.29, 0.717) is 12.6 Å². The highest BCUT2D eigenvalue weighted by atomic mass is 19.1. The highest BCUT2D eigenvalue weighted by Crippen LogP contribution is 2.52. The third-order valence-corrected chi connectivity index (χ3v) is 6.70. The van der Waals surface area contributed by atoms with Gasteiger partial charge in [0.2, 0.25) is 0 Å². The topological polar surface area (TPSA) is 35.5 Å². The molecule has 0 unspecified atom stereocenters. The zero-order valence-corrected chi connectivity index (χ0v) is 17.6. The fourth-order valence-corrected chi connectivity index (χ4v) is 5.31. The molecule has 2 aliphatic rings. The van der Waals surface area contributed by atoms with Crippen molar-refractivity contribution in [2.45, 2.75) is 69.6 Å². The fourth-order valence-electron chi connectivity index (χ4n) is 5.31. The summed E-state index contributed by atoms with van der Waals surface area (Å²) in [4.78, 5) is 2.35. The molecule has 1 fully saturated rings. The number of hydrogen-bond donors (Lipinski definition) is 2. The molecule has 3 nitrogen and oxygen atoms in total. The first-order valence-corrected chi connectivity index (χ1v) is 11.0. The second kappa shape index (κ2) is 8.45. The molecule has 0 saturated heterocycles. The van der Waals surface area contributed by atoms with E-state index in [1.54, 1.807) is 12.1 Å². The summed E-state index contributed by atoms with van der Waals surface area (Å²) in [6.07, 6.45) is 5.28. The maximum absolute atomic E-state index is 14.2. The van der Waals surface area contributed by atoms with Gasteiger partial charge in [0.05, 0.1) is 12.1 Å². The minimum atomic E-state index is -0.559. The average molecular weight is 397 g/mol. The molecule has 1 saturated carbocycles. The van der Waals surface area contributed by atoms with Crippen molar-refractivity contribution in [3.05, 3.63) is 65.5 Å². The number of fused-ring (bicyclic) bond motifs is 2. The van der Waals surface area contributed by atoms with Crippen molar-refractivity contribution in [3.8, 4) is 0 Å². The molecule has 1 aliphatic carbocycles. The molecule has 0 aromatic heterocycles. The lowest BCUT2D eigenvalue weighted by Crippen LogP contribution is -2.45. The first-order chi connectivity index (χ1) is 14.0. The van der Waals surface area contributed by atoms with E-state index in [0.717, 1.165) is 36.2 Å². The quantitative estimate of drug-likeness (QED) is 0.725. The van der Waals surface area contributed by atoms with Gasteiger partial charge < -0.3 is 15.3 Å². The van der Waals surface area contributed by atoms with E-state index in [4.69, 9.17) is 0 Å². The molecule has 2 aromatic rings. The smallest absolute Gasteiger partial charge is 0.123 e. The van der Waals surface area contributed by atoms with Gasteiger partial charge in [-0.05, 0) is 42.2 Å². The normalized spacial score (nSPS) is 20.1. The Kier molecular flexibility index (Phi) is 5.93. The van der Waals surface area contributed by atoms with Crippen LogP contribution in [0.25, 0.3) is 0 Å². The summed E-state index contributed by atoms with van der Waals surface area (Å²) in [5, 5.41) is 14.6. The number of nitrogens with one attached hydrogen (secondary N) is 1. The standard InChI is InChI=1S/C25H33FN2O/c1-18(2)27-16-23(29)24(19-9-5-3-6-10-19)28-17-25(13-7-4-8-14-25)21-15-20(26)11-12-22(21)28/h3,5-6,9-12,15,18,23-24,27,29H,4,7-8,13-14,16-17H2,1-2H3/t23-,24+/m1/s1. The van der Waals surface area contributed by atoms with Crippen molar-refractivity contribution in [3.63, 3.8) is 0 Å². The fraction of sp³-hybridized carbons (Fsp3) is 0.520. The Labute approximate surface area is 173 Å². The zero-order chi connectivity index (χ0) is 20.4. The van der Waals surface area contributed by atoms with E-state index in [2.05, 4.69) is 36.2 Å². The lowest BCUT2D eigenvalue weighted by atomic mass is 9.71. The summed E-state index contributed by atoms with van der Waals surface area (Å²) < 4.78 is 14.2. The lowest BCUT2D eigenvalue weighted by molar-refractivity contribution is 0.133. The molecule has 1 spiro atoms.